The maximum atomic E-state index is 5.65. The van der Waals surface area contributed by atoms with Crippen molar-refractivity contribution in [3.8, 4) is 5.88 Å². The number of pyridine rings is 1. The predicted octanol–water partition coefficient (Wildman–Crippen LogP) is 2.54. The normalized spacial score (nSPS) is 17.1. The third kappa shape index (κ3) is 3.20. The van der Waals surface area contributed by atoms with E-state index in [1.54, 1.807) is 0 Å². The van der Waals surface area contributed by atoms with E-state index in [4.69, 9.17) is 4.74 Å². The molecule has 0 aromatic carbocycles. The van der Waals surface area contributed by atoms with Crippen LogP contribution in [0, 0.1) is 5.92 Å². The van der Waals surface area contributed by atoms with Crippen LogP contribution >= 0.6 is 0 Å². The average molecular weight is 220 g/mol. The third-order valence-electron chi connectivity index (χ3n) is 3.16. The summed E-state index contributed by atoms with van der Waals surface area (Å²) >= 11 is 0. The molecule has 1 unspecified atom stereocenters. The Morgan fingerprint density at radius 1 is 1.56 bits per heavy atom. The van der Waals surface area contributed by atoms with Gasteiger partial charge in [0.05, 0.1) is 6.61 Å². The van der Waals surface area contributed by atoms with Gasteiger partial charge in [0.25, 0.3) is 0 Å². The van der Waals surface area contributed by atoms with Crippen LogP contribution in [0.4, 0.5) is 0 Å². The van der Waals surface area contributed by atoms with Gasteiger partial charge in [0.15, 0.2) is 0 Å². The highest BCUT2D eigenvalue weighted by molar-refractivity contribution is 5.23. The molecule has 0 saturated heterocycles. The van der Waals surface area contributed by atoms with Crippen LogP contribution in [0.5, 0.6) is 5.88 Å². The number of nitrogens with one attached hydrogen (secondary N) is 1. The minimum absolute atomic E-state index is 0.341. The van der Waals surface area contributed by atoms with Crippen LogP contribution in [-0.2, 0) is 0 Å². The number of rotatable bonds is 6. The molecule has 0 bridgehead atoms. The number of ether oxygens (including phenoxy) is 1. The summed E-state index contributed by atoms with van der Waals surface area (Å²) in [5.41, 5.74) is 1.22. The minimum atomic E-state index is 0.341. The Labute approximate surface area is 97.2 Å². The van der Waals surface area contributed by atoms with Crippen molar-refractivity contribution in [1.29, 1.82) is 0 Å². The molecule has 3 nitrogen and oxygen atoms in total. The Balaban J connectivity index is 1.87. The average Bonchev–Trinajstić information content (AvgIpc) is 3.12. The van der Waals surface area contributed by atoms with Gasteiger partial charge in [0, 0.05) is 18.3 Å². The van der Waals surface area contributed by atoms with E-state index < -0.39 is 0 Å². The molecule has 2 rings (SSSR count). The van der Waals surface area contributed by atoms with E-state index in [0.717, 1.165) is 18.4 Å². The number of nitrogens with zero attached hydrogens (tertiary/aromatic N) is 1. The van der Waals surface area contributed by atoms with E-state index in [-0.39, 0.29) is 0 Å². The maximum Gasteiger partial charge on any atom is 0.213 e. The summed E-state index contributed by atoms with van der Waals surface area (Å²) in [6.07, 6.45) is 5.75. The van der Waals surface area contributed by atoms with Crippen molar-refractivity contribution in [2.24, 2.45) is 5.92 Å². The monoisotopic (exact) mass is 220 g/mol. The molecule has 1 aliphatic rings. The first-order valence-electron chi connectivity index (χ1n) is 6.05. The lowest BCUT2D eigenvalue weighted by molar-refractivity contribution is 0.291. The molecule has 0 amide bonds. The molecule has 0 aliphatic heterocycles. The summed E-state index contributed by atoms with van der Waals surface area (Å²) in [7, 11) is 1.96. The van der Waals surface area contributed by atoms with E-state index in [1.165, 1.54) is 24.8 Å². The summed E-state index contributed by atoms with van der Waals surface area (Å²) in [5.74, 6) is 1.67. The predicted molar refractivity (Wildman–Crippen MR) is 64.5 cm³/mol. The van der Waals surface area contributed by atoms with Crippen molar-refractivity contribution in [1.82, 2.24) is 10.3 Å². The van der Waals surface area contributed by atoms with E-state index >= 15 is 0 Å². The van der Waals surface area contributed by atoms with Crippen LogP contribution < -0.4 is 10.1 Å². The van der Waals surface area contributed by atoms with Gasteiger partial charge < -0.3 is 10.1 Å². The lowest BCUT2D eigenvalue weighted by atomic mass is 10.1. The highest BCUT2D eigenvalue weighted by Crippen LogP contribution is 2.32. The molecule has 3 heteroatoms. The largest absolute Gasteiger partial charge is 0.478 e. The molecule has 0 radical (unpaired) electrons. The molecule has 1 heterocycles. The Morgan fingerprint density at radius 2 is 2.38 bits per heavy atom. The fourth-order valence-corrected chi connectivity index (χ4v) is 1.68. The van der Waals surface area contributed by atoms with E-state index in [1.807, 2.05) is 25.4 Å². The second-order valence-electron chi connectivity index (χ2n) is 4.52. The first-order valence-corrected chi connectivity index (χ1v) is 6.05. The summed E-state index contributed by atoms with van der Waals surface area (Å²) < 4.78 is 5.65. The van der Waals surface area contributed by atoms with Gasteiger partial charge in [-0.15, -0.1) is 0 Å². The molecule has 1 aromatic heterocycles. The fourth-order valence-electron chi connectivity index (χ4n) is 1.68. The Kier molecular flexibility index (Phi) is 3.78. The standard InChI is InChI=1S/C13H20N2O/c1-10(14-2)12-5-7-15-13(9-12)16-8-6-11-3-4-11/h5,7,9-11,14H,3-4,6,8H2,1-2H3. The zero-order valence-electron chi connectivity index (χ0n) is 10.1. The van der Waals surface area contributed by atoms with Crippen LogP contribution in [0.3, 0.4) is 0 Å². The molecule has 1 atom stereocenters. The van der Waals surface area contributed by atoms with Crippen molar-refractivity contribution in [2.75, 3.05) is 13.7 Å². The zero-order chi connectivity index (χ0) is 11.4. The van der Waals surface area contributed by atoms with Crippen LogP contribution in [0.15, 0.2) is 18.3 Å². The van der Waals surface area contributed by atoms with Crippen molar-refractivity contribution < 1.29 is 4.74 Å². The van der Waals surface area contributed by atoms with Crippen molar-refractivity contribution in [3.05, 3.63) is 23.9 Å². The third-order valence-corrected chi connectivity index (χ3v) is 3.16. The van der Waals surface area contributed by atoms with Crippen LogP contribution in [-0.4, -0.2) is 18.6 Å². The second-order valence-corrected chi connectivity index (χ2v) is 4.52. The number of aromatic nitrogens is 1. The molecule has 1 aromatic rings. The maximum absolute atomic E-state index is 5.65. The first-order chi connectivity index (χ1) is 7.79. The van der Waals surface area contributed by atoms with E-state index in [0.29, 0.717) is 6.04 Å². The molecule has 1 saturated carbocycles. The van der Waals surface area contributed by atoms with Crippen molar-refractivity contribution >= 4 is 0 Å². The SMILES string of the molecule is CNC(C)c1ccnc(OCCC2CC2)c1. The zero-order valence-corrected chi connectivity index (χ0v) is 10.1. The van der Waals surface area contributed by atoms with Crippen LogP contribution in [0.1, 0.15) is 37.8 Å². The van der Waals surface area contributed by atoms with E-state index in [9.17, 15) is 0 Å². The van der Waals surface area contributed by atoms with Crippen molar-refractivity contribution in [2.45, 2.75) is 32.2 Å². The highest BCUT2D eigenvalue weighted by Gasteiger charge is 2.20. The summed E-state index contributed by atoms with van der Waals surface area (Å²) in [4.78, 5) is 4.22. The second kappa shape index (κ2) is 5.30. The molecule has 88 valence electrons. The van der Waals surface area contributed by atoms with Crippen LogP contribution in [0.25, 0.3) is 0 Å². The number of hydrogen-bond acceptors (Lipinski definition) is 3. The minimum Gasteiger partial charge on any atom is -0.478 e. The van der Waals surface area contributed by atoms with Gasteiger partial charge in [-0.05, 0) is 37.9 Å². The lowest BCUT2D eigenvalue weighted by Crippen LogP contribution is -2.12. The topological polar surface area (TPSA) is 34.2 Å². The van der Waals surface area contributed by atoms with Crippen molar-refractivity contribution in [3.63, 3.8) is 0 Å². The van der Waals surface area contributed by atoms with Gasteiger partial charge in [-0.25, -0.2) is 4.98 Å². The van der Waals surface area contributed by atoms with Gasteiger partial charge >= 0.3 is 0 Å². The number of hydrogen-bond donors (Lipinski definition) is 1. The fraction of sp³-hybridized carbons (Fsp3) is 0.615. The molecular weight excluding hydrogens is 200 g/mol. The summed E-state index contributed by atoms with van der Waals surface area (Å²) in [5, 5.41) is 3.21. The Morgan fingerprint density at radius 3 is 3.06 bits per heavy atom. The van der Waals surface area contributed by atoms with Gasteiger partial charge in [-0.2, -0.15) is 0 Å². The van der Waals surface area contributed by atoms with Gasteiger partial charge in [0.2, 0.25) is 5.88 Å². The summed E-state index contributed by atoms with van der Waals surface area (Å²) in [6.45, 7) is 2.93. The van der Waals surface area contributed by atoms with Gasteiger partial charge in [-0.1, -0.05) is 12.8 Å². The van der Waals surface area contributed by atoms with Gasteiger partial charge in [-0.3, -0.25) is 0 Å². The highest BCUT2D eigenvalue weighted by atomic mass is 16.5. The Bertz CT molecular complexity index is 336. The van der Waals surface area contributed by atoms with E-state index in [2.05, 4.69) is 17.2 Å². The smallest absolute Gasteiger partial charge is 0.213 e. The summed E-state index contributed by atoms with van der Waals surface area (Å²) in [6, 6.07) is 4.39. The molecule has 1 N–H and O–H groups in total. The quantitative estimate of drug-likeness (QED) is 0.800. The molecule has 1 fully saturated rings. The molecule has 16 heavy (non-hydrogen) atoms. The van der Waals surface area contributed by atoms with Crippen LogP contribution in [0.2, 0.25) is 0 Å². The first kappa shape index (κ1) is 11.4. The molecule has 0 spiro atoms. The molecular formula is C13H20N2O. The van der Waals surface area contributed by atoms with Gasteiger partial charge in [0.1, 0.15) is 0 Å². The lowest BCUT2D eigenvalue weighted by Gasteiger charge is -2.11. The molecule has 1 aliphatic carbocycles. The Hall–Kier alpha value is -1.09.